The van der Waals surface area contributed by atoms with Crippen molar-refractivity contribution < 1.29 is 4.79 Å². The molecule has 1 nitrogen and oxygen atoms in total. The standard InChI is InChI=1S/C22H34O/c1-3-5-6-7-8-9-10-11-12-13-14-15-16-17-18-19-20-21-22(23)4-2/h3,5-12H,1,4,13-21H2,2H3. The Balaban J connectivity index is 3.32. The maximum atomic E-state index is 11.2. The van der Waals surface area contributed by atoms with E-state index in [0.29, 0.717) is 12.2 Å². The molecule has 0 amide bonds. The zero-order valence-electron chi connectivity index (χ0n) is 14.9. The van der Waals surface area contributed by atoms with Gasteiger partial charge in [-0.3, -0.25) is 4.79 Å². The zero-order chi connectivity index (χ0) is 17.0. The number of rotatable bonds is 15. The van der Waals surface area contributed by atoms with Gasteiger partial charge in [-0.25, -0.2) is 0 Å². The molecule has 0 saturated carbocycles. The summed E-state index contributed by atoms with van der Waals surface area (Å²) in [5, 5.41) is 0. The van der Waals surface area contributed by atoms with Crippen LogP contribution in [0, 0.1) is 0 Å². The van der Waals surface area contributed by atoms with Gasteiger partial charge < -0.3 is 0 Å². The highest BCUT2D eigenvalue weighted by molar-refractivity contribution is 5.77. The first kappa shape index (κ1) is 21.4. The average Bonchev–Trinajstić information content (AvgIpc) is 2.57. The molecule has 1 heteroatoms. The van der Waals surface area contributed by atoms with E-state index < -0.39 is 0 Å². The Kier molecular flexibility index (Phi) is 17.1. The predicted molar refractivity (Wildman–Crippen MR) is 104 cm³/mol. The minimum absolute atomic E-state index is 0.412. The smallest absolute Gasteiger partial charge is 0.132 e. The van der Waals surface area contributed by atoms with Gasteiger partial charge in [-0.05, 0) is 19.3 Å². The van der Waals surface area contributed by atoms with Crippen LogP contribution in [0.1, 0.15) is 71.1 Å². The fourth-order valence-corrected chi connectivity index (χ4v) is 2.22. The highest BCUT2D eigenvalue weighted by Crippen LogP contribution is 2.10. The maximum absolute atomic E-state index is 11.2. The number of ketones is 1. The van der Waals surface area contributed by atoms with Crippen molar-refractivity contribution in [3.8, 4) is 0 Å². The summed E-state index contributed by atoms with van der Waals surface area (Å²) in [6, 6.07) is 0. The number of hydrogen-bond acceptors (Lipinski definition) is 1. The van der Waals surface area contributed by atoms with Gasteiger partial charge in [0.15, 0.2) is 0 Å². The van der Waals surface area contributed by atoms with Crippen LogP contribution in [0.4, 0.5) is 0 Å². The Morgan fingerprint density at radius 3 is 1.87 bits per heavy atom. The summed E-state index contributed by atoms with van der Waals surface area (Å²) in [6.45, 7) is 5.56. The normalized spacial score (nSPS) is 12.2. The molecule has 0 aliphatic heterocycles. The van der Waals surface area contributed by atoms with Crippen LogP contribution in [0.2, 0.25) is 0 Å². The van der Waals surface area contributed by atoms with Gasteiger partial charge in [0.2, 0.25) is 0 Å². The second kappa shape index (κ2) is 18.4. The van der Waals surface area contributed by atoms with Crippen molar-refractivity contribution >= 4 is 5.78 Å². The Hall–Kier alpha value is -1.63. The number of carbonyl (C=O) groups excluding carboxylic acids is 1. The summed E-state index contributed by atoms with van der Waals surface area (Å²) in [5.41, 5.74) is 0. The van der Waals surface area contributed by atoms with E-state index in [1.165, 1.54) is 38.5 Å². The third-order valence-corrected chi connectivity index (χ3v) is 3.66. The van der Waals surface area contributed by atoms with Crippen LogP contribution >= 0.6 is 0 Å². The van der Waals surface area contributed by atoms with E-state index in [1.54, 1.807) is 6.08 Å². The largest absolute Gasteiger partial charge is 0.300 e. The number of carbonyl (C=O) groups is 1. The molecule has 0 spiro atoms. The number of allylic oxidation sites excluding steroid dienone is 9. The van der Waals surface area contributed by atoms with Gasteiger partial charge in [-0.15, -0.1) is 0 Å². The lowest BCUT2D eigenvalue weighted by Gasteiger charge is -2.00. The van der Waals surface area contributed by atoms with Gasteiger partial charge in [0.25, 0.3) is 0 Å². The third-order valence-electron chi connectivity index (χ3n) is 3.66. The van der Waals surface area contributed by atoms with E-state index in [2.05, 4.69) is 24.8 Å². The monoisotopic (exact) mass is 314 g/mol. The molecule has 0 fully saturated rings. The summed E-state index contributed by atoms with van der Waals surface area (Å²) >= 11 is 0. The lowest BCUT2D eigenvalue weighted by Crippen LogP contribution is -1.94. The van der Waals surface area contributed by atoms with Gasteiger partial charge in [-0.2, -0.15) is 0 Å². The molecule has 0 saturated heterocycles. The fraction of sp³-hybridized carbons (Fsp3) is 0.500. The first-order valence-electron chi connectivity index (χ1n) is 9.10. The van der Waals surface area contributed by atoms with Crippen molar-refractivity contribution in [1.29, 1.82) is 0 Å². The summed E-state index contributed by atoms with van der Waals surface area (Å²) in [7, 11) is 0. The highest BCUT2D eigenvalue weighted by atomic mass is 16.1. The second-order valence-corrected chi connectivity index (χ2v) is 5.72. The minimum atomic E-state index is 0.412. The van der Waals surface area contributed by atoms with Gasteiger partial charge in [0.1, 0.15) is 5.78 Å². The number of unbranched alkanes of at least 4 members (excludes halogenated alkanes) is 7. The minimum Gasteiger partial charge on any atom is -0.300 e. The van der Waals surface area contributed by atoms with Gasteiger partial charge >= 0.3 is 0 Å². The lowest BCUT2D eigenvalue weighted by atomic mass is 10.1. The van der Waals surface area contributed by atoms with E-state index in [9.17, 15) is 4.79 Å². The zero-order valence-corrected chi connectivity index (χ0v) is 14.9. The van der Waals surface area contributed by atoms with Crippen molar-refractivity contribution in [1.82, 2.24) is 0 Å². The molecule has 0 aliphatic rings. The Bertz CT molecular complexity index is 396. The Morgan fingerprint density at radius 1 is 0.739 bits per heavy atom. The van der Waals surface area contributed by atoms with E-state index in [1.807, 2.05) is 37.3 Å². The van der Waals surface area contributed by atoms with E-state index in [0.717, 1.165) is 19.3 Å². The molecule has 0 atom stereocenters. The lowest BCUT2D eigenvalue weighted by molar-refractivity contribution is -0.118. The molecule has 0 aliphatic carbocycles. The molecule has 0 radical (unpaired) electrons. The van der Waals surface area contributed by atoms with Gasteiger partial charge in [0, 0.05) is 12.8 Å². The average molecular weight is 315 g/mol. The third kappa shape index (κ3) is 18.3. The van der Waals surface area contributed by atoms with Gasteiger partial charge in [0.05, 0.1) is 0 Å². The predicted octanol–water partition coefficient (Wildman–Crippen LogP) is 6.89. The number of hydrogen-bond donors (Lipinski definition) is 0. The number of Topliss-reactive ketones (excluding diaryl/α,β-unsaturated/α-hetero) is 1. The van der Waals surface area contributed by atoms with Crippen LogP contribution in [0.5, 0.6) is 0 Å². The van der Waals surface area contributed by atoms with Gasteiger partial charge in [-0.1, -0.05) is 100 Å². The maximum Gasteiger partial charge on any atom is 0.132 e. The van der Waals surface area contributed by atoms with Crippen molar-refractivity contribution in [2.75, 3.05) is 0 Å². The molecule has 23 heavy (non-hydrogen) atoms. The van der Waals surface area contributed by atoms with Crippen LogP contribution in [-0.4, -0.2) is 5.78 Å². The van der Waals surface area contributed by atoms with Crippen LogP contribution in [-0.2, 0) is 4.79 Å². The molecule has 0 aromatic heterocycles. The molecule has 0 bridgehead atoms. The van der Waals surface area contributed by atoms with Crippen molar-refractivity contribution in [3.05, 3.63) is 61.3 Å². The Labute approximate surface area is 143 Å². The highest BCUT2D eigenvalue weighted by Gasteiger charge is 1.97. The van der Waals surface area contributed by atoms with Crippen LogP contribution in [0.15, 0.2) is 61.3 Å². The van der Waals surface area contributed by atoms with Crippen LogP contribution < -0.4 is 0 Å². The summed E-state index contributed by atoms with van der Waals surface area (Å²) in [6.07, 6.45) is 29.5. The van der Waals surface area contributed by atoms with Crippen LogP contribution in [0.25, 0.3) is 0 Å². The topological polar surface area (TPSA) is 17.1 Å². The summed E-state index contributed by atoms with van der Waals surface area (Å²) in [4.78, 5) is 11.2. The molecular weight excluding hydrogens is 280 g/mol. The van der Waals surface area contributed by atoms with E-state index in [-0.39, 0.29) is 0 Å². The second-order valence-electron chi connectivity index (χ2n) is 5.72. The molecule has 0 aromatic carbocycles. The molecule has 0 N–H and O–H groups in total. The molecule has 128 valence electrons. The van der Waals surface area contributed by atoms with E-state index >= 15 is 0 Å². The first-order valence-corrected chi connectivity index (χ1v) is 9.10. The van der Waals surface area contributed by atoms with E-state index in [4.69, 9.17) is 0 Å². The molecule has 0 heterocycles. The SMILES string of the molecule is C=CC=CC=CC=CC=CCCCCCCCCCC(=O)CC. The molecule has 0 rings (SSSR count). The quantitative estimate of drug-likeness (QED) is 0.238. The fourth-order valence-electron chi connectivity index (χ4n) is 2.22. The van der Waals surface area contributed by atoms with Crippen LogP contribution in [0.3, 0.4) is 0 Å². The molecular formula is C22H34O. The van der Waals surface area contributed by atoms with Crippen molar-refractivity contribution in [2.24, 2.45) is 0 Å². The van der Waals surface area contributed by atoms with Crippen molar-refractivity contribution in [2.45, 2.75) is 71.1 Å². The molecule has 0 unspecified atom stereocenters. The first-order chi connectivity index (χ1) is 11.3. The Morgan fingerprint density at radius 2 is 1.26 bits per heavy atom. The summed E-state index contributed by atoms with van der Waals surface area (Å²) in [5.74, 6) is 0.412. The summed E-state index contributed by atoms with van der Waals surface area (Å²) < 4.78 is 0. The molecule has 0 aromatic rings. The van der Waals surface area contributed by atoms with Crippen molar-refractivity contribution in [3.63, 3.8) is 0 Å².